The van der Waals surface area contributed by atoms with E-state index in [1.165, 1.54) is 6.42 Å². The SMILES string of the molecule is O=C1NCC2(CCCCC2)n2c1cc1cnc(NC(=O)C3CNCCO3)nc12. The first-order valence-electron chi connectivity index (χ1n) is 9.97. The summed E-state index contributed by atoms with van der Waals surface area (Å²) in [6.45, 7) is 2.34. The van der Waals surface area contributed by atoms with Crippen molar-refractivity contribution in [2.45, 2.75) is 43.7 Å². The molecule has 0 aromatic carbocycles. The number of rotatable bonds is 2. The molecule has 2 aromatic rings. The minimum atomic E-state index is -0.551. The largest absolute Gasteiger partial charge is 0.366 e. The van der Waals surface area contributed by atoms with E-state index in [9.17, 15) is 9.59 Å². The molecule has 9 heteroatoms. The number of hydrogen-bond donors (Lipinski definition) is 3. The molecule has 9 nitrogen and oxygen atoms in total. The molecule has 3 aliphatic rings. The molecule has 1 spiro atoms. The maximum Gasteiger partial charge on any atom is 0.268 e. The van der Waals surface area contributed by atoms with Gasteiger partial charge in [-0.05, 0) is 18.9 Å². The van der Waals surface area contributed by atoms with Gasteiger partial charge in [-0.3, -0.25) is 14.9 Å². The molecule has 1 unspecified atom stereocenters. The second kappa shape index (κ2) is 6.82. The first kappa shape index (κ1) is 17.6. The van der Waals surface area contributed by atoms with E-state index < -0.39 is 6.10 Å². The molecule has 3 N–H and O–H groups in total. The van der Waals surface area contributed by atoms with Crippen molar-refractivity contribution < 1.29 is 14.3 Å². The number of amides is 2. The number of ether oxygens (including phenoxy) is 1. The molecular formula is C19H24N6O3. The number of fused-ring (bicyclic) bond motifs is 4. The zero-order valence-electron chi connectivity index (χ0n) is 15.7. The van der Waals surface area contributed by atoms with Crippen molar-refractivity contribution in [3.05, 3.63) is 18.0 Å². The molecule has 2 aliphatic heterocycles. The number of aromatic nitrogens is 3. The lowest BCUT2D eigenvalue weighted by molar-refractivity contribution is -0.128. The second-order valence-electron chi connectivity index (χ2n) is 7.86. The lowest BCUT2D eigenvalue weighted by atomic mass is 9.80. The minimum Gasteiger partial charge on any atom is -0.366 e. The average Bonchev–Trinajstić information content (AvgIpc) is 3.13. The average molecular weight is 384 g/mol. The summed E-state index contributed by atoms with van der Waals surface area (Å²) >= 11 is 0. The maximum atomic E-state index is 12.5. The fraction of sp³-hybridized carbons (Fsp3) is 0.579. The summed E-state index contributed by atoms with van der Waals surface area (Å²) in [5, 5.41) is 9.76. The van der Waals surface area contributed by atoms with Crippen LogP contribution in [0.4, 0.5) is 5.95 Å². The zero-order valence-corrected chi connectivity index (χ0v) is 15.7. The van der Waals surface area contributed by atoms with E-state index in [0.29, 0.717) is 31.0 Å². The fourth-order valence-corrected chi connectivity index (χ4v) is 4.65. The minimum absolute atomic E-state index is 0.0820. The van der Waals surface area contributed by atoms with Crippen LogP contribution in [0.15, 0.2) is 12.3 Å². The Morgan fingerprint density at radius 3 is 2.96 bits per heavy atom. The first-order chi connectivity index (χ1) is 13.7. The van der Waals surface area contributed by atoms with Crippen molar-refractivity contribution in [2.75, 3.05) is 31.6 Å². The van der Waals surface area contributed by atoms with Gasteiger partial charge >= 0.3 is 0 Å². The number of carbonyl (C=O) groups is 2. The Morgan fingerprint density at radius 2 is 2.18 bits per heavy atom. The molecule has 4 heterocycles. The molecule has 2 amide bonds. The standard InChI is InChI=1S/C19H24N6O3/c26-16-13-8-12-9-21-18(24-17(27)14-10-20-6-7-28-14)23-15(12)25(13)19(11-22-16)4-2-1-3-5-19/h8-9,14,20H,1-7,10-11H2,(H,22,26)(H,21,23,24,27). The van der Waals surface area contributed by atoms with Crippen LogP contribution < -0.4 is 16.0 Å². The van der Waals surface area contributed by atoms with Crippen LogP contribution in [-0.2, 0) is 15.1 Å². The summed E-state index contributed by atoms with van der Waals surface area (Å²) in [7, 11) is 0. The van der Waals surface area contributed by atoms with E-state index in [1.54, 1.807) is 6.20 Å². The van der Waals surface area contributed by atoms with Crippen molar-refractivity contribution in [1.29, 1.82) is 0 Å². The highest BCUT2D eigenvalue weighted by Gasteiger charge is 2.41. The molecule has 1 aliphatic carbocycles. The van der Waals surface area contributed by atoms with Crippen LogP contribution in [0, 0.1) is 0 Å². The molecule has 148 valence electrons. The van der Waals surface area contributed by atoms with Crippen molar-refractivity contribution in [3.63, 3.8) is 0 Å². The Hall–Kier alpha value is -2.52. The highest BCUT2D eigenvalue weighted by atomic mass is 16.5. The van der Waals surface area contributed by atoms with E-state index in [4.69, 9.17) is 4.74 Å². The first-order valence-corrected chi connectivity index (χ1v) is 9.97. The van der Waals surface area contributed by atoms with Crippen LogP contribution in [0.2, 0.25) is 0 Å². The number of nitrogens with zero attached hydrogens (tertiary/aromatic N) is 3. The van der Waals surface area contributed by atoms with Gasteiger partial charge in [0, 0.05) is 31.2 Å². The molecule has 1 atom stereocenters. The van der Waals surface area contributed by atoms with Gasteiger partial charge in [-0.2, -0.15) is 4.98 Å². The second-order valence-corrected chi connectivity index (χ2v) is 7.86. The van der Waals surface area contributed by atoms with E-state index in [-0.39, 0.29) is 23.3 Å². The van der Waals surface area contributed by atoms with Crippen LogP contribution in [0.5, 0.6) is 0 Å². The number of nitrogens with one attached hydrogen (secondary N) is 3. The topological polar surface area (TPSA) is 110 Å². The molecule has 0 radical (unpaired) electrons. The fourth-order valence-electron chi connectivity index (χ4n) is 4.65. The van der Waals surface area contributed by atoms with Gasteiger partial charge in [0.1, 0.15) is 17.4 Å². The number of hydrogen-bond acceptors (Lipinski definition) is 6. The summed E-state index contributed by atoms with van der Waals surface area (Å²) in [5.74, 6) is -0.104. The predicted octanol–water partition coefficient (Wildman–Crippen LogP) is 0.761. The smallest absolute Gasteiger partial charge is 0.268 e. The summed E-state index contributed by atoms with van der Waals surface area (Å²) in [5.41, 5.74) is 1.19. The van der Waals surface area contributed by atoms with Crippen molar-refractivity contribution in [3.8, 4) is 0 Å². The Morgan fingerprint density at radius 1 is 1.32 bits per heavy atom. The normalized spacial score (nSPS) is 24.0. The monoisotopic (exact) mass is 384 g/mol. The van der Waals surface area contributed by atoms with Gasteiger partial charge in [0.05, 0.1) is 12.1 Å². The van der Waals surface area contributed by atoms with Crippen molar-refractivity contribution in [2.24, 2.45) is 0 Å². The van der Waals surface area contributed by atoms with Gasteiger partial charge in [-0.25, -0.2) is 4.98 Å². The third kappa shape index (κ3) is 2.85. The lowest BCUT2D eigenvalue weighted by Gasteiger charge is -2.42. The summed E-state index contributed by atoms with van der Waals surface area (Å²) in [6, 6.07) is 1.85. The van der Waals surface area contributed by atoms with Crippen LogP contribution in [0.25, 0.3) is 11.0 Å². The number of carbonyl (C=O) groups excluding carboxylic acids is 2. The number of anilines is 1. The van der Waals surface area contributed by atoms with Crippen molar-refractivity contribution in [1.82, 2.24) is 25.2 Å². The molecule has 1 saturated carbocycles. The van der Waals surface area contributed by atoms with Gasteiger partial charge in [-0.1, -0.05) is 19.3 Å². The highest BCUT2D eigenvalue weighted by Crippen LogP contribution is 2.40. The highest BCUT2D eigenvalue weighted by molar-refractivity contribution is 5.99. The zero-order chi connectivity index (χ0) is 19.1. The Bertz CT molecular complexity index is 927. The summed E-state index contributed by atoms with van der Waals surface area (Å²) in [6.07, 6.45) is 6.63. The quantitative estimate of drug-likeness (QED) is 0.705. The summed E-state index contributed by atoms with van der Waals surface area (Å²) < 4.78 is 7.58. The van der Waals surface area contributed by atoms with Crippen LogP contribution in [0.1, 0.15) is 42.6 Å². The van der Waals surface area contributed by atoms with Gasteiger partial charge in [-0.15, -0.1) is 0 Å². The van der Waals surface area contributed by atoms with Crippen LogP contribution >= 0.6 is 0 Å². The van der Waals surface area contributed by atoms with Crippen LogP contribution in [0.3, 0.4) is 0 Å². The van der Waals surface area contributed by atoms with Gasteiger partial charge in [0.25, 0.3) is 11.8 Å². The van der Waals surface area contributed by atoms with Crippen LogP contribution in [-0.4, -0.2) is 58.7 Å². The van der Waals surface area contributed by atoms with Gasteiger partial charge in [0.15, 0.2) is 0 Å². The third-order valence-corrected chi connectivity index (χ3v) is 6.07. The Kier molecular flexibility index (Phi) is 4.28. The number of morpholine rings is 1. The Balaban J connectivity index is 1.52. The van der Waals surface area contributed by atoms with Gasteiger partial charge in [0.2, 0.25) is 5.95 Å². The van der Waals surface area contributed by atoms with E-state index in [1.807, 2.05) is 6.07 Å². The van der Waals surface area contributed by atoms with Gasteiger partial charge < -0.3 is 19.9 Å². The third-order valence-electron chi connectivity index (χ3n) is 6.07. The molecule has 0 bridgehead atoms. The molecule has 2 fully saturated rings. The molecular weight excluding hydrogens is 360 g/mol. The predicted molar refractivity (Wildman–Crippen MR) is 102 cm³/mol. The van der Waals surface area contributed by atoms with E-state index in [2.05, 4.69) is 30.5 Å². The molecule has 2 aromatic heterocycles. The van der Waals surface area contributed by atoms with Crippen molar-refractivity contribution >= 4 is 28.8 Å². The van der Waals surface area contributed by atoms with E-state index in [0.717, 1.165) is 37.6 Å². The molecule has 5 rings (SSSR count). The lowest BCUT2D eigenvalue weighted by Crippen LogP contribution is -2.52. The molecule has 1 saturated heterocycles. The van der Waals surface area contributed by atoms with E-state index >= 15 is 0 Å². The Labute approximate surface area is 162 Å². The maximum absolute atomic E-state index is 12.5. The molecule has 28 heavy (non-hydrogen) atoms. The summed E-state index contributed by atoms with van der Waals surface area (Å²) in [4.78, 5) is 33.8.